The van der Waals surface area contributed by atoms with Crippen molar-refractivity contribution in [2.24, 2.45) is 0 Å². The number of aromatic nitrogens is 1. The maximum Gasteiger partial charge on any atom is 0.279 e. The molecule has 0 bridgehead atoms. The van der Waals surface area contributed by atoms with Crippen molar-refractivity contribution in [2.45, 2.75) is 31.5 Å². The molecule has 2 N–H and O–H groups in total. The van der Waals surface area contributed by atoms with Gasteiger partial charge in [0, 0.05) is 19.3 Å². The van der Waals surface area contributed by atoms with E-state index in [9.17, 15) is 9.59 Å². The summed E-state index contributed by atoms with van der Waals surface area (Å²) in [5.74, 6) is -0.303. The Labute approximate surface area is 122 Å². The van der Waals surface area contributed by atoms with Crippen molar-refractivity contribution in [2.75, 3.05) is 18.5 Å². The van der Waals surface area contributed by atoms with Gasteiger partial charge in [0.15, 0.2) is 11.6 Å². The first-order valence-electron chi connectivity index (χ1n) is 6.95. The third-order valence-corrected chi connectivity index (χ3v) is 3.70. The van der Waals surface area contributed by atoms with Crippen molar-refractivity contribution < 1.29 is 19.1 Å². The summed E-state index contributed by atoms with van der Waals surface area (Å²) < 4.78 is 11.0. The minimum absolute atomic E-state index is 0.0122. The highest BCUT2D eigenvalue weighted by Crippen LogP contribution is 2.31. The van der Waals surface area contributed by atoms with Crippen molar-refractivity contribution in [1.29, 1.82) is 0 Å². The zero-order chi connectivity index (χ0) is 14.9. The summed E-state index contributed by atoms with van der Waals surface area (Å²) in [7, 11) is 0. The van der Waals surface area contributed by atoms with Crippen molar-refractivity contribution >= 4 is 17.6 Å². The molecule has 7 heteroatoms. The second-order valence-electron chi connectivity index (χ2n) is 5.28. The van der Waals surface area contributed by atoms with Crippen molar-refractivity contribution in [1.82, 2.24) is 10.3 Å². The van der Waals surface area contributed by atoms with Gasteiger partial charge in [-0.25, -0.2) is 4.98 Å². The van der Waals surface area contributed by atoms with E-state index in [-0.39, 0.29) is 6.10 Å². The van der Waals surface area contributed by atoms with Crippen LogP contribution in [0.2, 0.25) is 0 Å². The van der Waals surface area contributed by atoms with Gasteiger partial charge in [0.25, 0.3) is 17.4 Å². The smallest absolute Gasteiger partial charge is 0.279 e. The van der Waals surface area contributed by atoms with Gasteiger partial charge >= 0.3 is 0 Å². The van der Waals surface area contributed by atoms with Crippen LogP contribution in [0.4, 0.5) is 5.82 Å². The monoisotopic (exact) mass is 291 g/mol. The molecule has 0 radical (unpaired) electrons. The molecule has 0 unspecified atom stereocenters. The zero-order valence-electron chi connectivity index (χ0n) is 11.7. The summed E-state index contributed by atoms with van der Waals surface area (Å²) in [6.07, 6.45) is 3.46. The van der Waals surface area contributed by atoms with Gasteiger partial charge in [-0.2, -0.15) is 0 Å². The average Bonchev–Trinajstić information content (AvgIpc) is 2.99. The Balaban J connectivity index is 1.70. The number of nitrogens with one attached hydrogen (secondary N) is 2. The molecule has 0 aliphatic carbocycles. The number of anilines is 1. The van der Waals surface area contributed by atoms with E-state index in [0.29, 0.717) is 24.7 Å². The lowest BCUT2D eigenvalue weighted by atomic mass is 10.0. The number of fused-ring (bicyclic) bond motifs is 1. The van der Waals surface area contributed by atoms with Crippen LogP contribution in [0.25, 0.3) is 0 Å². The highest BCUT2D eigenvalue weighted by atomic mass is 16.5. The van der Waals surface area contributed by atoms with Gasteiger partial charge in [0.1, 0.15) is 0 Å². The number of amides is 2. The fraction of sp³-hybridized carbons (Fsp3) is 0.500. The van der Waals surface area contributed by atoms with Gasteiger partial charge in [0.05, 0.1) is 6.10 Å². The predicted molar refractivity (Wildman–Crippen MR) is 73.9 cm³/mol. The number of rotatable bonds is 3. The van der Waals surface area contributed by atoms with Crippen LogP contribution in [0.1, 0.15) is 19.8 Å². The van der Waals surface area contributed by atoms with Gasteiger partial charge in [0.2, 0.25) is 0 Å². The van der Waals surface area contributed by atoms with Crippen molar-refractivity contribution in [3.8, 4) is 5.75 Å². The Morgan fingerprint density at radius 1 is 1.62 bits per heavy atom. The van der Waals surface area contributed by atoms with Crippen LogP contribution in [-0.4, -0.2) is 41.7 Å². The highest BCUT2D eigenvalue weighted by Gasteiger charge is 2.47. The first-order valence-corrected chi connectivity index (χ1v) is 6.95. The van der Waals surface area contributed by atoms with E-state index in [4.69, 9.17) is 9.47 Å². The Morgan fingerprint density at radius 2 is 2.48 bits per heavy atom. The number of hydrogen-bond donors (Lipinski definition) is 2. The highest BCUT2D eigenvalue weighted by molar-refractivity contribution is 6.15. The maximum atomic E-state index is 12.3. The SMILES string of the molecule is C[C@]1(C(=O)NC[C@@H]2CCCO2)Oc2cccnc2NC1=O. The molecule has 1 saturated heterocycles. The minimum Gasteiger partial charge on any atom is -0.464 e. The van der Waals surface area contributed by atoms with Crippen LogP contribution in [0.15, 0.2) is 18.3 Å². The number of pyridine rings is 1. The van der Waals surface area contributed by atoms with Crippen LogP contribution < -0.4 is 15.4 Å². The van der Waals surface area contributed by atoms with Crippen molar-refractivity contribution in [3.05, 3.63) is 18.3 Å². The van der Waals surface area contributed by atoms with E-state index in [2.05, 4.69) is 15.6 Å². The summed E-state index contributed by atoms with van der Waals surface area (Å²) in [5, 5.41) is 5.32. The molecule has 112 valence electrons. The Hall–Kier alpha value is -2.15. The third-order valence-electron chi connectivity index (χ3n) is 3.70. The average molecular weight is 291 g/mol. The lowest BCUT2D eigenvalue weighted by Gasteiger charge is -2.32. The van der Waals surface area contributed by atoms with E-state index in [0.717, 1.165) is 12.8 Å². The molecule has 2 amide bonds. The van der Waals surface area contributed by atoms with Crippen LogP contribution in [0.5, 0.6) is 5.75 Å². The lowest BCUT2D eigenvalue weighted by Crippen LogP contribution is -2.59. The van der Waals surface area contributed by atoms with E-state index in [1.54, 1.807) is 18.3 Å². The minimum atomic E-state index is -1.60. The zero-order valence-corrected chi connectivity index (χ0v) is 11.7. The molecule has 0 saturated carbocycles. The molecule has 3 heterocycles. The molecule has 2 atom stereocenters. The quantitative estimate of drug-likeness (QED) is 0.790. The van der Waals surface area contributed by atoms with E-state index >= 15 is 0 Å². The molecule has 3 rings (SSSR count). The molecule has 7 nitrogen and oxygen atoms in total. The van der Waals surface area contributed by atoms with Crippen LogP contribution >= 0.6 is 0 Å². The largest absolute Gasteiger partial charge is 0.464 e. The molecule has 0 aromatic carbocycles. The molecule has 1 aromatic heterocycles. The van der Waals surface area contributed by atoms with Crippen molar-refractivity contribution in [3.63, 3.8) is 0 Å². The van der Waals surface area contributed by atoms with Crippen LogP contribution in [0.3, 0.4) is 0 Å². The first-order chi connectivity index (χ1) is 10.1. The number of hydrogen-bond acceptors (Lipinski definition) is 5. The van der Waals surface area contributed by atoms with E-state index in [1.807, 2.05) is 0 Å². The summed E-state index contributed by atoms with van der Waals surface area (Å²) in [6, 6.07) is 3.34. The van der Waals surface area contributed by atoms with E-state index in [1.165, 1.54) is 6.92 Å². The van der Waals surface area contributed by atoms with Gasteiger partial charge in [-0.3, -0.25) is 9.59 Å². The van der Waals surface area contributed by atoms with E-state index < -0.39 is 17.4 Å². The Morgan fingerprint density at radius 3 is 3.24 bits per heavy atom. The molecule has 0 spiro atoms. The topological polar surface area (TPSA) is 89.6 Å². The Bertz CT molecular complexity index is 571. The second kappa shape index (κ2) is 5.33. The van der Waals surface area contributed by atoms with Gasteiger partial charge in [-0.1, -0.05) is 0 Å². The third kappa shape index (κ3) is 2.56. The van der Waals surface area contributed by atoms with Crippen LogP contribution in [0, 0.1) is 0 Å². The summed E-state index contributed by atoms with van der Waals surface area (Å²) in [5.41, 5.74) is -1.60. The summed E-state index contributed by atoms with van der Waals surface area (Å²) in [6.45, 7) is 2.54. The fourth-order valence-corrected chi connectivity index (χ4v) is 2.39. The van der Waals surface area contributed by atoms with Crippen LogP contribution in [-0.2, 0) is 14.3 Å². The molecular formula is C14H17N3O4. The lowest BCUT2D eigenvalue weighted by molar-refractivity contribution is -0.147. The number of carbonyl (C=O) groups is 2. The number of carbonyl (C=O) groups excluding carboxylic acids is 2. The predicted octanol–water partition coefficient (Wildman–Crippen LogP) is 0.466. The maximum absolute atomic E-state index is 12.3. The number of nitrogens with zero attached hydrogens (tertiary/aromatic N) is 1. The first kappa shape index (κ1) is 13.8. The fourth-order valence-electron chi connectivity index (χ4n) is 2.39. The molecule has 21 heavy (non-hydrogen) atoms. The molecule has 1 aromatic rings. The normalized spacial score (nSPS) is 27.5. The summed E-state index contributed by atoms with van der Waals surface area (Å²) >= 11 is 0. The van der Waals surface area contributed by atoms with Gasteiger partial charge in [-0.05, 0) is 31.9 Å². The molecular weight excluding hydrogens is 274 g/mol. The molecule has 1 fully saturated rings. The van der Waals surface area contributed by atoms with Gasteiger partial charge < -0.3 is 20.1 Å². The Kier molecular flexibility index (Phi) is 3.50. The summed E-state index contributed by atoms with van der Waals surface area (Å²) in [4.78, 5) is 28.5. The molecule has 2 aliphatic rings. The molecule has 2 aliphatic heterocycles. The number of ether oxygens (including phenoxy) is 2. The van der Waals surface area contributed by atoms with Gasteiger partial charge in [-0.15, -0.1) is 0 Å². The standard InChI is InChI=1S/C14H17N3O4/c1-14(12(18)16-8-9-4-3-7-20-9)13(19)17-11-10(21-14)5-2-6-15-11/h2,5-6,9H,3-4,7-8H2,1H3,(H,16,18)(H,15,17,19)/t9-,14+/m0/s1. The second-order valence-corrected chi connectivity index (χ2v) is 5.28.